The Hall–Kier alpha value is -2.49. The summed E-state index contributed by atoms with van der Waals surface area (Å²) in [5.74, 6) is -1.36. The van der Waals surface area contributed by atoms with Gasteiger partial charge in [0.15, 0.2) is 0 Å². The second kappa shape index (κ2) is 7.18. The number of aryl methyl sites for hydroxylation is 1. The van der Waals surface area contributed by atoms with E-state index in [0.717, 1.165) is 11.4 Å². The van der Waals surface area contributed by atoms with Crippen molar-refractivity contribution in [1.82, 2.24) is 0 Å². The number of fused-ring (bicyclic) bond motifs is 1. The van der Waals surface area contributed by atoms with Gasteiger partial charge in [0.05, 0.1) is 5.57 Å². The number of benzene rings is 1. The summed E-state index contributed by atoms with van der Waals surface area (Å²) in [5, 5.41) is 14.0. The van der Waals surface area contributed by atoms with Gasteiger partial charge >= 0.3 is 12.1 Å². The van der Waals surface area contributed by atoms with Crippen molar-refractivity contribution in [2.24, 2.45) is 5.28 Å². The van der Waals surface area contributed by atoms with Crippen molar-refractivity contribution >= 4 is 23.6 Å². The van der Waals surface area contributed by atoms with Gasteiger partial charge < -0.3 is 19.5 Å². The van der Waals surface area contributed by atoms with E-state index in [1.165, 1.54) is 26.0 Å². The molecule has 0 saturated heterocycles. The normalized spacial score (nSPS) is 18.2. The average Bonchev–Trinajstić information content (AvgIpc) is 2.50. The monoisotopic (exact) mass is 380 g/mol. The highest BCUT2D eigenvalue weighted by molar-refractivity contribution is 6.30. The highest BCUT2D eigenvalue weighted by Crippen LogP contribution is 2.40. The van der Waals surface area contributed by atoms with Gasteiger partial charge in [-0.05, 0) is 30.7 Å². The predicted molar refractivity (Wildman–Crippen MR) is 78.0 cm³/mol. The summed E-state index contributed by atoms with van der Waals surface area (Å²) >= 11 is 5.88. The van der Waals surface area contributed by atoms with E-state index >= 15 is 0 Å². The van der Waals surface area contributed by atoms with Gasteiger partial charge in [0.25, 0.3) is 6.29 Å². The van der Waals surface area contributed by atoms with Crippen LogP contribution in [-0.2, 0) is 14.4 Å². The zero-order chi connectivity index (χ0) is 18.8. The fourth-order valence-electron chi connectivity index (χ4n) is 2.19. The molecule has 2 rings (SSSR count). The molecule has 0 amide bonds. The number of halogens is 4. The minimum atomic E-state index is -4.86. The van der Waals surface area contributed by atoms with Gasteiger partial charge in [-0.2, -0.15) is 13.2 Å². The number of alkyl halides is 3. The lowest BCUT2D eigenvalue weighted by molar-refractivity contribution is -0.503. The number of hydrogen-bond acceptors (Lipinski definition) is 6. The Morgan fingerprint density at radius 1 is 1.48 bits per heavy atom. The molecule has 1 aliphatic heterocycles. The number of nitrogens with zero attached hydrogens (tertiary/aromatic N) is 1. The topological polar surface area (TPSA) is 94.2 Å². The summed E-state index contributed by atoms with van der Waals surface area (Å²) in [6.07, 6.45) is -7.78. The lowest BCUT2D eigenvalue weighted by atomic mass is 9.99. The number of rotatable bonds is 4. The SMILES string of the molecule is Cc1cc(Cl)cc2c1O[C@H](C(F)(F)F)C(C(=O)OC(C)O/N=[NH+]\[O-])=C2. The zero-order valence-electron chi connectivity index (χ0n) is 12.9. The van der Waals surface area contributed by atoms with E-state index in [-0.39, 0.29) is 16.3 Å². The third-order valence-corrected chi connectivity index (χ3v) is 3.36. The van der Waals surface area contributed by atoms with Crippen LogP contribution in [0.25, 0.3) is 6.08 Å². The molecule has 0 spiro atoms. The van der Waals surface area contributed by atoms with E-state index in [1.807, 2.05) is 0 Å². The Morgan fingerprint density at radius 3 is 2.76 bits per heavy atom. The molecule has 11 heteroatoms. The molecule has 25 heavy (non-hydrogen) atoms. The molecule has 1 heterocycles. The first kappa shape index (κ1) is 18.8. The van der Waals surface area contributed by atoms with Crippen molar-refractivity contribution in [2.75, 3.05) is 0 Å². The average molecular weight is 381 g/mol. The summed E-state index contributed by atoms with van der Waals surface area (Å²) in [5.41, 5.74) is -0.193. The van der Waals surface area contributed by atoms with Gasteiger partial charge in [0, 0.05) is 17.5 Å². The summed E-state index contributed by atoms with van der Waals surface area (Å²) in [7, 11) is 0. The summed E-state index contributed by atoms with van der Waals surface area (Å²) in [4.78, 5) is 16.5. The van der Waals surface area contributed by atoms with E-state index in [2.05, 4.69) is 14.9 Å². The second-order valence-electron chi connectivity index (χ2n) is 5.04. The van der Waals surface area contributed by atoms with Crippen LogP contribution in [0.3, 0.4) is 0 Å². The molecule has 1 N–H and O–H groups in total. The molecule has 0 aliphatic carbocycles. The molecule has 0 saturated carbocycles. The molecular weight excluding hydrogens is 369 g/mol. The van der Waals surface area contributed by atoms with E-state index in [4.69, 9.17) is 16.3 Å². The van der Waals surface area contributed by atoms with Crippen molar-refractivity contribution in [1.29, 1.82) is 0 Å². The molecule has 1 unspecified atom stereocenters. The highest BCUT2D eigenvalue weighted by atomic mass is 35.5. The number of carbonyl (C=O) groups excluding carboxylic acids is 1. The predicted octanol–water partition coefficient (Wildman–Crippen LogP) is 2.21. The Morgan fingerprint density at radius 2 is 2.16 bits per heavy atom. The summed E-state index contributed by atoms with van der Waals surface area (Å²) in [6, 6.07) is 2.80. The van der Waals surface area contributed by atoms with E-state index < -0.39 is 30.1 Å². The number of nitrogens with one attached hydrogen (secondary N) is 1. The molecule has 0 fully saturated rings. The van der Waals surface area contributed by atoms with Crippen LogP contribution in [0.15, 0.2) is 23.0 Å². The molecule has 0 radical (unpaired) electrons. The third kappa shape index (κ3) is 4.32. The molecule has 1 aliphatic rings. The molecule has 2 atom stereocenters. The van der Waals surface area contributed by atoms with Gasteiger partial charge in [-0.25, -0.2) is 4.79 Å². The largest absolute Gasteiger partial charge is 0.599 e. The van der Waals surface area contributed by atoms with Gasteiger partial charge in [0.1, 0.15) is 5.75 Å². The molecular formula is C14H12ClF3N2O5. The Balaban J connectivity index is 2.39. The summed E-state index contributed by atoms with van der Waals surface area (Å²) < 4.78 is 49.6. The van der Waals surface area contributed by atoms with Crippen LogP contribution in [-0.4, -0.2) is 24.5 Å². The van der Waals surface area contributed by atoms with Crippen LogP contribution < -0.4 is 10.0 Å². The van der Waals surface area contributed by atoms with E-state index in [9.17, 15) is 23.2 Å². The lowest BCUT2D eigenvalue weighted by Gasteiger charge is -2.29. The molecule has 7 nitrogen and oxygen atoms in total. The fourth-order valence-corrected chi connectivity index (χ4v) is 2.47. The van der Waals surface area contributed by atoms with Crippen molar-refractivity contribution in [3.8, 4) is 5.75 Å². The highest BCUT2D eigenvalue weighted by Gasteiger charge is 2.49. The van der Waals surface area contributed by atoms with E-state index in [0.29, 0.717) is 5.56 Å². The van der Waals surface area contributed by atoms with Crippen LogP contribution in [0.5, 0.6) is 5.75 Å². The van der Waals surface area contributed by atoms with Crippen molar-refractivity contribution < 1.29 is 37.6 Å². The van der Waals surface area contributed by atoms with Gasteiger partial charge in [0.2, 0.25) is 11.4 Å². The minimum Gasteiger partial charge on any atom is -0.599 e. The molecule has 0 bridgehead atoms. The number of ether oxygens (including phenoxy) is 2. The first-order valence-corrected chi connectivity index (χ1v) is 7.20. The van der Waals surface area contributed by atoms with Crippen LogP contribution in [0.2, 0.25) is 5.02 Å². The maximum atomic E-state index is 13.3. The van der Waals surface area contributed by atoms with Crippen molar-refractivity contribution in [3.05, 3.63) is 39.1 Å². The number of esters is 1. The first-order valence-electron chi connectivity index (χ1n) is 6.82. The molecule has 136 valence electrons. The maximum Gasteiger partial charge on any atom is 0.430 e. The van der Waals surface area contributed by atoms with Crippen LogP contribution in [0, 0.1) is 12.1 Å². The van der Waals surface area contributed by atoms with Crippen LogP contribution in [0.4, 0.5) is 13.2 Å². The quantitative estimate of drug-likeness (QED) is 0.374. The number of carbonyl (C=O) groups is 1. The summed E-state index contributed by atoms with van der Waals surface area (Å²) in [6.45, 7) is 2.70. The smallest absolute Gasteiger partial charge is 0.430 e. The van der Waals surface area contributed by atoms with Gasteiger partial charge in [-0.15, -0.1) is 0 Å². The van der Waals surface area contributed by atoms with E-state index in [1.54, 1.807) is 0 Å². The lowest BCUT2D eigenvalue weighted by Crippen LogP contribution is -2.56. The number of hydrogen-bond donors (Lipinski definition) is 1. The Kier molecular flexibility index (Phi) is 5.41. The Labute approximate surface area is 144 Å². The van der Waals surface area contributed by atoms with Crippen LogP contribution >= 0.6 is 11.6 Å². The van der Waals surface area contributed by atoms with Crippen LogP contribution in [0.1, 0.15) is 18.1 Å². The van der Waals surface area contributed by atoms with Crippen molar-refractivity contribution in [3.63, 3.8) is 0 Å². The van der Waals surface area contributed by atoms with Gasteiger partial charge in [-0.1, -0.05) is 16.9 Å². The standard InChI is InChI=1S/C14H12ClF3N2O5/c1-6-3-9(15)4-8-5-10(12(14(16,17)18)24-11(6)8)13(21)23-7(2)25-20-19-22/h3-5,7,12,19H,1-2H3/t7?,12-/m0/s1. The molecule has 1 aromatic carbocycles. The van der Waals surface area contributed by atoms with Gasteiger partial charge in [-0.3, -0.25) is 0 Å². The second-order valence-corrected chi connectivity index (χ2v) is 5.48. The maximum absolute atomic E-state index is 13.3. The van der Waals surface area contributed by atoms with Crippen molar-refractivity contribution in [2.45, 2.75) is 32.4 Å². The first-order chi connectivity index (χ1) is 11.6. The third-order valence-electron chi connectivity index (χ3n) is 3.14. The molecule has 1 aromatic rings. The fraction of sp³-hybridized carbons (Fsp3) is 0.357. The molecule has 0 aromatic heterocycles. The zero-order valence-corrected chi connectivity index (χ0v) is 13.6. The minimum absolute atomic E-state index is 0.0295. The Bertz CT molecular complexity index is 736.